The summed E-state index contributed by atoms with van der Waals surface area (Å²) in [7, 11) is 0. The smallest absolute Gasteiger partial charge is 0.265 e. The van der Waals surface area contributed by atoms with Crippen LogP contribution < -0.4 is 10.9 Å². The molecule has 2 N–H and O–H groups in total. The van der Waals surface area contributed by atoms with Crippen LogP contribution in [0.2, 0.25) is 0 Å². The highest BCUT2D eigenvalue weighted by Crippen LogP contribution is 2.22. The number of benzene rings is 4. The number of amides is 1. The molecule has 0 aliphatic rings. The Hall–Kier alpha value is -5.04. The number of para-hydroxylation sites is 3. The number of aromatic amines is 1. The van der Waals surface area contributed by atoms with Crippen molar-refractivity contribution in [3.63, 3.8) is 0 Å². The number of hydrogen-bond donors (Lipinski definition) is 2. The number of aromatic nitrogens is 4. The molecule has 1 amide bonds. The molecule has 0 atom stereocenters. The summed E-state index contributed by atoms with van der Waals surface area (Å²) in [6.07, 6.45) is 0. The van der Waals surface area contributed by atoms with E-state index in [1.807, 2.05) is 66.7 Å². The van der Waals surface area contributed by atoms with Crippen molar-refractivity contribution in [3.05, 3.63) is 119 Å². The molecule has 0 aliphatic carbocycles. The predicted molar refractivity (Wildman–Crippen MR) is 142 cm³/mol. The van der Waals surface area contributed by atoms with E-state index < -0.39 is 0 Å². The average Bonchev–Trinajstić information content (AvgIpc) is 3.34. The number of H-pyrrole nitrogens is 1. The summed E-state index contributed by atoms with van der Waals surface area (Å²) in [5, 5.41) is 3.47. The molecule has 7 nitrogen and oxygen atoms in total. The monoisotopic (exact) mass is 471 g/mol. The molecule has 36 heavy (non-hydrogen) atoms. The maximum atomic E-state index is 13.0. The van der Waals surface area contributed by atoms with Crippen LogP contribution in [-0.4, -0.2) is 25.4 Å². The fraction of sp³-hybridized carbons (Fsp3) is 0.0345. The number of imidazole rings is 1. The normalized spacial score (nSPS) is 11.1. The molecule has 4 aromatic carbocycles. The first kappa shape index (κ1) is 21.5. The Bertz CT molecular complexity index is 1770. The first-order chi connectivity index (χ1) is 17.6. The number of fused-ring (bicyclic) bond motifs is 2. The molecule has 0 fully saturated rings. The van der Waals surface area contributed by atoms with Gasteiger partial charge < -0.3 is 10.3 Å². The third-order valence-electron chi connectivity index (χ3n) is 6.14. The van der Waals surface area contributed by atoms with E-state index in [9.17, 15) is 9.59 Å². The maximum absolute atomic E-state index is 13.0. The number of anilines is 1. The lowest BCUT2D eigenvalue weighted by atomic mass is 10.1. The number of nitrogens with zero attached hydrogens (tertiary/aromatic N) is 3. The van der Waals surface area contributed by atoms with Crippen molar-refractivity contribution in [2.24, 2.45) is 0 Å². The largest absolute Gasteiger partial charge is 0.338 e. The second-order valence-corrected chi connectivity index (χ2v) is 8.50. The van der Waals surface area contributed by atoms with Crippen molar-refractivity contribution >= 4 is 33.5 Å². The summed E-state index contributed by atoms with van der Waals surface area (Å²) in [5.74, 6) is 1.12. The van der Waals surface area contributed by atoms with Crippen molar-refractivity contribution in [3.8, 4) is 17.1 Å². The molecule has 6 aromatic rings. The van der Waals surface area contributed by atoms with Gasteiger partial charge in [-0.25, -0.2) is 9.97 Å². The average molecular weight is 472 g/mol. The summed E-state index contributed by atoms with van der Waals surface area (Å²) in [6.45, 7) is 1.80. The first-order valence-electron chi connectivity index (χ1n) is 11.5. The molecule has 0 bridgehead atoms. The number of carbonyl (C=O) groups is 1. The van der Waals surface area contributed by atoms with Crippen molar-refractivity contribution < 1.29 is 4.79 Å². The second-order valence-electron chi connectivity index (χ2n) is 8.50. The van der Waals surface area contributed by atoms with E-state index in [1.165, 1.54) is 0 Å². The lowest BCUT2D eigenvalue weighted by molar-refractivity contribution is 0.102. The summed E-state index contributed by atoms with van der Waals surface area (Å²) in [4.78, 5) is 38.3. The molecule has 0 radical (unpaired) electrons. The Labute approximate surface area is 206 Å². The SMILES string of the molecule is Cc1nc2ccccc2c(=O)n1-c1ccc(C(=O)Nc2ccc(-c3nc4ccccc4[nH]3)cc2)cc1. The van der Waals surface area contributed by atoms with Gasteiger partial charge in [0, 0.05) is 16.8 Å². The quantitative estimate of drug-likeness (QED) is 0.356. The third kappa shape index (κ3) is 3.82. The van der Waals surface area contributed by atoms with E-state index in [1.54, 1.807) is 41.8 Å². The van der Waals surface area contributed by atoms with Gasteiger partial charge >= 0.3 is 0 Å². The van der Waals surface area contributed by atoms with E-state index >= 15 is 0 Å². The molecule has 0 saturated carbocycles. The Kier molecular flexibility index (Phi) is 5.15. The van der Waals surface area contributed by atoms with Crippen LogP contribution in [0, 0.1) is 6.92 Å². The topological polar surface area (TPSA) is 92.7 Å². The van der Waals surface area contributed by atoms with Gasteiger partial charge in [0.2, 0.25) is 0 Å². The molecule has 2 aromatic heterocycles. The number of hydrogen-bond acceptors (Lipinski definition) is 4. The van der Waals surface area contributed by atoms with Crippen LogP contribution in [-0.2, 0) is 0 Å². The molecule has 0 saturated heterocycles. The number of carbonyl (C=O) groups excluding carboxylic acids is 1. The van der Waals surface area contributed by atoms with Gasteiger partial charge in [0.05, 0.1) is 27.6 Å². The van der Waals surface area contributed by atoms with Gasteiger partial charge in [-0.2, -0.15) is 0 Å². The Morgan fingerprint density at radius 1 is 0.806 bits per heavy atom. The van der Waals surface area contributed by atoms with Crippen LogP contribution in [0.1, 0.15) is 16.2 Å². The fourth-order valence-electron chi connectivity index (χ4n) is 4.31. The maximum Gasteiger partial charge on any atom is 0.265 e. The predicted octanol–water partition coefficient (Wildman–Crippen LogP) is 5.49. The van der Waals surface area contributed by atoms with Gasteiger partial charge in [-0.1, -0.05) is 24.3 Å². The van der Waals surface area contributed by atoms with E-state index in [0.717, 1.165) is 22.4 Å². The lowest BCUT2D eigenvalue weighted by Gasteiger charge is -2.12. The zero-order valence-corrected chi connectivity index (χ0v) is 19.4. The Morgan fingerprint density at radius 2 is 1.50 bits per heavy atom. The molecule has 0 unspecified atom stereocenters. The van der Waals surface area contributed by atoms with E-state index in [2.05, 4.69) is 20.3 Å². The van der Waals surface area contributed by atoms with Gasteiger partial charge in [-0.05, 0) is 79.7 Å². The summed E-state index contributed by atoms with van der Waals surface area (Å²) < 4.78 is 1.56. The van der Waals surface area contributed by atoms with Crippen LogP contribution in [0.4, 0.5) is 5.69 Å². The highest BCUT2D eigenvalue weighted by atomic mass is 16.1. The number of rotatable bonds is 4. The zero-order valence-electron chi connectivity index (χ0n) is 19.4. The Balaban J connectivity index is 1.21. The van der Waals surface area contributed by atoms with Crippen LogP contribution in [0.5, 0.6) is 0 Å². The lowest BCUT2D eigenvalue weighted by Crippen LogP contribution is -2.22. The van der Waals surface area contributed by atoms with Crippen molar-refractivity contribution in [2.75, 3.05) is 5.32 Å². The molecule has 0 spiro atoms. The molecule has 7 heteroatoms. The van der Waals surface area contributed by atoms with Gasteiger partial charge in [0.15, 0.2) is 0 Å². The standard InChI is InChI=1S/C29H21N5O2/c1-18-30-24-7-3-2-6-23(24)29(36)34(18)22-16-12-20(13-17-22)28(35)31-21-14-10-19(11-15-21)27-32-25-8-4-5-9-26(25)33-27/h2-17H,1H3,(H,31,35)(H,32,33). The minimum absolute atomic E-state index is 0.139. The molecular weight excluding hydrogens is 450 g/mol. The number of aryl methyl sites for hydroxylation is 1. The van der Waals surface area contributed by atoms with Gasteiger partial charge in [-0.15, -0.1) is 0 Å². The molecular formula is C29H21N5O2. The highest BCUT2D eigenvalue weighted by molar-refractivity contribution is 6.04. The van der Waals surface area contributed by atoms with Crippen LogP contribution in [0.25, 0.3) is 39.0 Å². The minimum atomic E-state index is -0.237. The highest BCUT2D eigenvalue weighted by Gasteiger charge is 2.12. The molecule has 0 aliphatic heterocycles. The van der Waals surface area contributed by atoms with E-state index in [-0.39, 0.29) is 11.5 Å². The third-order valence-corrected chi connectivity index (χ3v) is 6.14. The summed E-state index contributed by atoms with van der Waals surface area (Å²) >= 11 is 0. The number of nitrogens with one attached hydrogen (secondary N) is 2. The molecule has 174 valence electrons. The molecule has 6 rings (SSSR count). The summed E-state index contributed by atoms with van der Waals surface area (Å²) in [5.41, 5.74) is 5.16. The Morgan fingerprint density at radius 3 is 2.25 bits per heavy atom. The van der Waals surface area contributed by atoms with Crippen molar-refractivity contribution in [2.45, 2.75) is 6.92 Å². The first-order valence-corrected chi connectivity index (χ1v) is 11.5. The van der Waals surface area contributed by atoms with Crippen LogP contribution in [0.3, 0.4) is 0 Å². The fourth-order valence-corrected chi connectivity index (χ4v) is 4.31. The van der Waals surface area contributed by atoms with Gasteiger partial charge in [-0.3, -0.25) is 14.2 Å². The van der Waals surface area contributed by atoms with E-state index in [0.29, 0.717) is 33.7 Å². The van der Waals surface area contributed by atoms with E-state index in [4.69, 9.17) is 0 Å². The second kappa shape index (κ2) is 8.63. The van der Waals surface area contributed by atoms with Gasteiger partial charge in [0.1, 0.15) is 11.6 Å². The van der Waals surface area contributed by atoms with Crippen molar-refractivity contribution in [1.82, 2.24) is 19.5 Å². The van der Waals surface area contributed by atoms with Gasteiger partial charge in [0.25, 0.3) is 11.5 Å². The zero-order chi connectivity index (χ0) is 24.6. The van der Waals surface area contributed by atoms with Crippen LogP contribution in [0.15, 0.2) is 102 Å². The van der Waals surface area contributed by atoms with Crippen LogP contribution >= 0.6 is 0 Å². The van der Waals surface area contributed by atoms with Crippen molar-refractivity contribution in [1.29, 1.82) is 0 Å². The molecule has 2 heterocycles. The minimum Gasteiger partial charge on any atom is -0.338 e. The summed E-state index contributed by atoms with van der Waals surface area (Å²) in [6, 6.07) is 29.6.